The summed E-state index contributed by atoms with van der Waals surface area (Å²) in [4.78, 5) is 25.6. The normalized spacial score (nSPS) is 21.4. The van der Waals surface area contributed by atoms with Crippen LogP contribution in [-0.4, -0.2) is 38.4 Å². The van der Waals surface area contributed by atoms with Crippen molar-refractivity contribution in [2.45, 2.75) is 38.7 Å². The zero-order valence-electron chi connectivity index (χ0n) is 16.8. The lowest BCUT2D eigenvalue weighted by atomic mass is 9.80. The first-order valence-electron chi connectivity index (χ1n) is 9.52. The van der Waals surface area contributed by atoms with Gasteiger partial charge in [0.25, 0.3) is 0 Å². The van der Waals surface area contributed by atoms with E-state index in [1.807, 2.05) is 0 Å². The fraction of sp³-hybridized carbons (Fsp3) is 0.409. The number of carbonyl (C=O) groups is 2. The molecule has 0 radical (unpaired) electrons. The summed E-state index contributed by atoms with van der Waals surface area (Å²) in [6.07, 6.45) is 1.70. The Bertz CT molecular complexity index is 919. The van der Waals surface area contributed by atoms with Crippen molar-refractivity contribution in [2.24, 2.45) is 0 Å². The number of nitriles is 1. The van der Waals surface area contributed by atoms with Crippen molar-refractivity contribution in [1.29, 1.82) is 5.26 Å². The molecule has 0 amide bonds. The molecule has 2 aliphatic rings. The van der Waals surface area contributed by atoms with Gasteiger partial charge >= 0.3 is 11.9 Å². The molecule has 0 saturated carbocycles. The van der Waals surface area contributed by atoms with E-state index < -0.39 is 17.9 Å². The van der Waals surface area contributed by atoms with Crippen LogP contribution < -0.4 is 5.32 Å². The molecular weight excluding hydrogens is 372 g/mol. The minimum Gasteiger partial charge on any atom is -0.466 e. The molecule has 0 aliphatic carbocycles. The predicted octanol–water partition coefficient (Wildman–Crippen LogP) is 2.69. The van der Waals surface area contributed by atoms with Gasteiger partial charge in [-0.1, -0.05) is 12.1 Å². The second kappa shape index (κ2) is 8.93. The minimum atomic E-state index is -0.700. The van der Waals surface area contributed by atoms with Crippen LogP contribution in [0.25, 0.3) is 0 Å². The third kappa shape index (κ3) is 4.33. The largest absolute Gasteiger partial charge is 0.466 e. The van der Waals surface area contributed by atoms with Crippen LogP contribution in [-0.2, 0) is 23.8 Å². The van der Waals surface area contributed by atoms with Gasteiger partial charge in [0, 0.05) is 18.0 Å². The van der Waals surface area contributed by atoms with Crippen molar-refractivity contribution in [3.8, 4) is 6.07 Å². The van der Waals surface area contributed by atoms with E-state index in [2.05, 4.69) is 11.4 Å². The summed E-state index contributed by atoms with van der Waals surface area (Å²) in [6, 6.07) is 8.95. The zero-order chi connectivity index (χ0) is 21.0. The van der Waals surface area contributed by atoms with Gasteiger partial charge in [-0.2, -0.15) is 5.26 Å². The highest BCUT2D eigenvalue weighted by molar-refractivity contribution is 5.99. The standard InChI is InChI=1S/C22H24N2O5/c1-13-18(21(25)27-3)20(16-7-4-6-15(10-16)11-23)19(14(2)24-13)22(26)29-12-17-8-5-9-28-17/h4,6-7,10,17,20,24H,5,8-9,12H2,1-3H3. The Balaban J connectivity index is 2.00. The second-order valence-corrected chi connectivity index (χ2v) is 7.10. The third-order valence-electron chi connectivity index (χ3n) is 5.16. The van der Waals surface area contributed by atoms with E-state index >= 15 is 0 Å². The SMILES string of the molecule is COC(=O)C1=C(C)NC(C)=C(C(=O)OCC2CCCO2)C1c1cccc(C#N)c1. The van der Waals surface area contributed by atoms with Gasteiger partial charge in [-0.05, 0) is 44.4 Å². The number of methoxy groups -OCH3 is 1. The second-order valence-electron chi connectivity index (χ2n) is 7.10. The lowest BCUT2D eigenvalue weighted by Crippen LogP contribution is -2.33. The molecule has 2 unspecified atom stereocenters. The van der Waals surface area contributed by atoms with Gasteiger partial charge < -0.3 is 19.5 Å². The number of benzene rings is 1. The van der Waals surface area contributed by atoms with Crippen LogP contribution in [0.2, 0.25) is 0 Å². The van der Waals surface area contributed by atoms with E-state index in [0.717, 1.165) is 12.8 Å². The molecule has 0 aromatic heterocycles. The molecule has 29 heavy (non-hydrogen) atoms. The molecule has 152 valence electrons. The van der Waals surface area contributed by atoms with Crippen LogP contribution in [0.15, 0.2) is 46.8 Å². The van der Waals surface area contributed by atoms with Crippen molar-refractivity contribution in [3.05, 3.63) is 57.9 Å². The van der Waals surface area contributed by atoms with Gasteiger partial charge in [-0.25, -0.2) is 9.59 Å². The van der Waals surface area contributed by atoms with Gasteiger partial charge in [-0.15, -0.1) is 0 Å². The monoisotopic (exact) mass is 396 g/mol. The van der Waals surface area contributed by atoms with E-state index in [4.69, 9.17) is 14.2 Å². The van der Waals surface area contributed by atoms with Crippen molar-refractivity contribution in [1.82, 2.24) is 5.32 Å². The maximum absolute atomic E-state index is 13.1. The number of allylic oxidation sites excluding steroid dienone is 2. The molecule has 1 aromatic rings. The molecular formula is C22H24N2O5. The maximum atomic E-state index is 13.1. The number of carbonyl (C=O) groups excluding carboxylic acids is 2. The Kier molecular flexibility index (Phi) is 6.35. The van der Waals surface area contributed by atoms with Crippen LogP contribution in [0.5, 0.6) is 0 Å². The molecule has 3 rings (SSSR count). The summed E-state index contributed by atoms with van der Waals surface area (Å²) in [5, 5.41) is 12.4. The minimum absolute atomic E-state index is 0.103. The highest BCUT2D eigenvalue weighted by Crippen LogP contribution is 2.39. The highest BCUT2D eigenvalue weighted by atomic mass is 16.6. The summed E-state index contributed by atoms with van der Waals surface area (Å²) in [5.41, 5.74) is 2.92. The van der Waals surface area contributed by atoms with Crippen LogP contribution in [0.4, 0.5) is 0 Å². The van der Waals surface area contributed by atoms with Gasteiger partial charge in [0.15, 0.2) is 0 Å². The first-order valence-corrected chi connectivity index (χ1v) is 9.52. The summed E-state index contributed by atoms with van der Waals surface area (Å²) in [5.74, 6) is -1.76. The number of rotatable bonds is 5. The molecule has 2 heterocycles. The van der Waals surface area contributed by atoms with Gasteiger partial charge in [0.2, 0.25) is 0 Å². The Morgan fingerprint density at radius 2 is 1.97 bits per heavy atom. The fourth-order valence-corrected chi connectivity index (χ4v) is 3.79. The summed E-state index contributed by atoms with van der Waals surface area (Å²) >= 11 is 0. The molecule has 7 heteroatoms. The Labute approximate surface area is 169 Å². The quantitative estimate of drug-likeness (QED) is 0.764. The van der Waals surface area contributed by atoms with Crippen molar-refractivity contribution >= 4 is 11.9 Å². The van der Waals surface area contributed by atoms with Crippen molar-refractivity contribution in [2.75, 3.05) is 20.3 Å². The first-order chi connectivity index (χ1) is 14.0. The van der Waals surface area contributed by atoms with Gasteiger partial charge in [0.05, 0.1) is 41.9 Å². The van der Waals surface area contributed by atoms with Crippen LogP contribution in [0.3, 0.4) is 0 Å². The van der Waals surface area contributed by atoms with E-state index in [1.165, 1.54) is 7.11 Å². The number of dihydropyridines is 1. The van der Waals surface area contributed by atoms with Crippen molar-refractivity contribution in [3.63, 3.8) is 0 Å². The number of esters is 2. The molecule has 0 bridgehead atoms. The molecule has 1 aromatic carbocycles. The lowest BCUT2D eigenvalue weighted by Gasteiger charge is -2.30. The summed E-state index contributed by atoms with van der Waals surface area (Å²) in [6.45, 7) is 4.35. The Morgan fingerprint density at radius 1 is 1.24 bits per heavy atom. The zero-order valence-corrected chi connectivity index (χ0v) is 16.8. The number of nitrogens with zero attached hydrogens (tertiary/aromatic N) is 1. The molecule has 1 N–H and O–H groups in total. The average molecular weight is 396 g/mol. The summed E-state index contributed by atoms with van der Waals surface area (Å²) < 4.78 is 16.0. The smallest absolute Gasteiger partial charge is 0.336 e. The molecule has 1 fully saturated rings. The van der Waals surface area contributed by atoms with E-state index in [1.54, 1.807) is 38.1 Å². The Morgan fingerprint density at radius 3 is 2.59 bits per heavy atom. The third-order valence-corrected chi connectivity index (χ3v) is 5.16. The average Bonchev–Trinajstić information content (AvgIpc) is 3.24. The van der Waals surface area contributed by atoms with Crippen molar-refractivity contribution < 1.29 is 23.8 Å². The number of nitrogens with one attached hydrogen (secondary N) is 1. The topological polar surface area (TPSA) is 97.7 Å². The lowest BCUT2D eigenvalue weighted by molar-refractivity contribution is -0.142. The van der Waals surface area contributed by atoms with Crippen LogP contribution in [0.1, 0.15) is 43.7 Å². The van der Waals surface area contributed by atoms with Crippen LogP contribution in [0, 0.1) is 11.3 Å². The van der Waals surface area contributed by atoms with E-state index in [9.17, 15) is 14.9 Å². The summed E-state index contributed by atoms with van der Waals surface area (Å²) in [7, 11) is 1.30. The number of ether oxygens (including phenoxy) is 3. The number of hydrogen-bond acceptors (Lipinski definition) is 7. The number of hydrogen-bond donors (Lipinski definition) is 1. The molecule has 1 saturated heterocycles. The Hall–Kier alpha value is -3.11. The first kappa shape index (κ1) is 20.6. The predicted molar refractivity (Wildman–Crippen MR) is 104 cm³/mol. The molecule has 7 nitrogen and oxygen atoms in total. The maximum Gasteiger partial charge on any atom is 0.336 e. The van der Waals surface area contributed by atoms with Crippen LogP contribution >= 0.6 is 0 Å². The fourth-order valence-electron chi connectivity index (χ4n) is 3.79. The molecule has 2 aliphatic heterocycles. The van der Waals surface area contributed by atoms with E-state index in [-0.39, 0.29) is 12.7 Å². The van der Waals surface area contributed by atoms with Gasteiger partial charge in [0.1, 0.15) is 6.61 Å². The molecule has 2 atom stereocenters. The molecule has 0 spiro atoms. The highest BCUT2D eigenvalue weighted by Gasteiger charge is 2.38. The van der Waals surface area contributed by atoms with E-state index in [0.29, 0.717) is 40.3 Å². The van der Waals surface area contributed by atoms with Gasteiger partial charge in [-0.3, -0.25) is 0 Å².